The van der Waals surface area contributed by atoms with Crippen molar-refractivity contribution in [1.82, 2.24) is 9.80 Å². The summed E-state index contributed by atoms with van der Waals surface area (Å²) in [6, 6.07) is 28.3. The van der Waals surface area contributed by atoms with Gasteiger partial charge in [-0.1, -0.05) is 72.8 Å². The van der Waals surface area contributed by atoms with Crippen molar-refractivity contribution in [3.8, 4) is 22.3 Å². The van der Waals surface area contributed by atoms with Gasteiger partial charge in [-0.25, -0.2) is 9.59 Å². The fourth-order valence-electron chi connectivity index (χ4n) is 6.24. The maximum Gasteiger partial charge on any atom is 0.326 e. The molecule has 54 heavy (non-hydrogen) atoms. The van der Waals surface area contributed by atoms with E-state index in [-0.39, 0.29) is 49.7 Å². The van der Waals surface area contributed by atoms with Crippen molar-refractivity contribution in [2.24, 2.45) is 4.99 Å². The number of ether oxygens (including phenoxy) is 1. The zero-order valence-corrected chi connectivity index (χ0v) is 31.6. The molecule has 2 N–H and O–H groups in total. The highest BCUT2D eigenvalue weighted by Gasteiger charge is 2.39. The number of alkyl halides is 2. The smallest absolute Gasteiger partial charge is 0.326 e. The molecule has 2 heterocycles. The lowest BCUT2D eigenvalue weighted by atomic mass is 9.99. The predicted octanol–water partition coefficient (Wildman–Crippen LogP) is 6.96. The number of likely N-dealkylation sites (tertiary alicyclic amines) is 2. The van der Waals surface area contributed by atoms with Gasteiger partial charge in [-0.2, -0.15) is 0 Å². The highest BCUT2D eigenvalue weighted by atomic mass is 35.5. The number of carboxylic acids is 2. The van der Waals surface area contributed by atoms with Gasteiger partial charge in [0.05, 0.1) is 18.4 Å². The van der Waals surface area contributed by atoms with Gasteiger partial charge in [0.1, 0.15) is 18.8 Å². The number of aryl methyl sites for hydroxylation is 2. The summed E-state index contributed by atoms with van der Waals surface area (Å²) in [4.78, 5) is 66.4. The summed E-state index contributed by atoms with van der Waals surface area (Å²) in [5.41, 5.74) is 7.98. The quantitative estimate of drug-likeness (QED) is 0.182. The highest BCUT2D eigenvalue weighted by Crippen LogP contribution is 2.27. The number of rotatable bonds is 8. The third-order valence-corrected chi connectivity index (χ3v) is 8.99. The van der Waals surface area contributed by atoms with Crippen LogP contribution < -0.4 is 0 Å². The molecule has 6 rings (SSSR count). The van der Waals surface area contributed by atoms with Crippen molar-refractivity contribution >= 4 is 58.4 Å². The third-order valence-electron chi connectivity index (χ3n) is 8.99. The largest absolute Gasteiger partial charge is 0.480 e. The Morgan fingerprint density at radius 3 is 1.50 bits per heavy atom. The van der Waals surface area contributed by atoms with Crippen LogP contribution in [-0.2, 0) is 19.1 Å². The lowest BCUT2D eigenvalue weighted by Crippen LogP contribution is -2.40. The van der Waals surface area contributed by atoms with Crippen LogP contribution in [0.2, 0.25) is 0 Å². The summed E-state index contributed by atoms with van der Waals surface area (Å²) in [7, 11) is 1.52. The number of aliphatic imine (C=N–C) groups is 1. The Balaban J connectivity index is 0.000000226. The molecule has 4 aromatic rings. The number of nitrogens with zero attached hydrogens (tertiary/aromatic N) is 3. The lowest BCUT2D eigenvalue weighted by molar-refractivity contribution is -0.142. The molecule has 282 valence electrons. The van der Waals surface area contributed by atoms with E-state index in [1.54, 1.807) is 24.3 Å². The molecule has 11 nitrogen and oxygen atoms in total. The summed E-state index contributed by atoms with van der Waals surface area (Å²) < 4.78 is 4.91. The molecule has 4 aromatic carbocycles. The van der Waals surface area contributed by atoms with Crippen LogP contribution in [0, 0.1) is 13.8 Å². The van der Waals surface area contributed by atoms with Crippen LogP contribution in [0.3, 0.4) is 0 Å². The van der Waals surface area contributed by atoms with Gasteiger partial charge >= 0.3 is 11.9 Å². The molecule has 2 amide bonds. The standard InChI is InChI=1S/C21H22N2O4.C19H17NO4.CH2Cl2/c1-14-5-3-4-6-18(14)15-7-9-16(10-8-15)20(24)23-12-17(22-13-27-2)11-19(23)21(25)26;1-12-4-2-3-5-16(12)13-6-8-14(9-7-13)18(22)20-11-15(21)10-17(20)19(23)24;2-1-3/h3-10,19H,11-13H2,1-2H3,(H,25,26);2-9,17H,10-11H2,1H3,(H,23,24);1H2/t19-;17-;/m00./s1. The maximum atomic E-state index is 12.9. The fraction of sp³-hybridized carbons (Fsp3) is 0.268. The number of carbonyl (C=O) groups is 5. The topological polar surface area (TPSA) is 154 Å². The number of halogens is 2. The molecule has 2 aliphatic rings. The van der Waals surface area contributed by atoms with Gasteiger partial charge in [-0.15, -0.1) is 23.2 Å². The van der Waals surface area contributed by atoms with Crippen molar-refractivity contribution < 1.29 is 38.9 Å². The number of carboxylic acid groups (broad SMARTS) is 2. The molecule has 0 unspecified atom stereocenters. The second-order valence-corrected chi connectivity index (χ2v) is 13.4. The number of amides is 2. The second-order valence-electron chi connectivity index (χ2n) is 12.5. The van der Waals surface area contributed by atoms with E-state index < -0.39 is 29.9 Å². The Bertz CT molecular complexity index is 2000. The van der Waals surface area contributed by atoms with Gasteiger partial charge in [-0.3, -0.25) is 19.4 Å². The summed E-state index contributed by atoms with van der Waals surface area (Å²) >= 11 is 9.53. The summed E-state index contributed by atoms with van der Waals surface area (Å²) in [6.45, 7) is 4.28. The van der Waals surface area contributed by atoms with Crippen molar-refractivity contribution in [2.45, 2.75) is 38.8 Å². The monoisotopic (exact) mass is 773 g/mol. The van der Waals surface area contributed by atoms with E-state index in [9.17, 15) is 34.2 Å². The molecule has 2 atom stereocenters. The molecular formula is C41H41Cl2N3O8. The zero-order valence-electron chi connectivity index (χ0n) is 30.1. The van der Waals surface area contributed by atoms with Crippen molar-refractivity contribution in [3.63, 3.8) is 0 Å². The minimum Gasteiger partial charge on any atom is -0.480 e. The number of aliphatic carboxylic acids is 2. The second kappa shape index (κ2) is 19.6. The summed E-state index contributed by atoms with van der Waals surface area (Å²) in [5.74, 6) is -3.13. The van der Waals surface area contributed by atoms with Crippen LogP contribution in [0.4, 0.5) is 0 Å². The van der Waals surface area contributed by atoms with E-state index in [4.69, 9.17) is 27.9 Å². The molecule has 0 bridgehead atoms. The molecule has 13 heteroatoms. The normalized spacial score (nSPS) is 17.0. The van der Waals surface area contributed by atoms with Gasteiger partial charge in [0.15, 0.2) is 5.78 Å². The van der Waals surface area contributed by atoms with E-state index in [0.717, 1.165) is 38.3 Å². The van der Waals surface area contributed by atoms with Crippen molar-refractivity contribution in [1.29, 1.82) is 0 Å². The van der Waals surface area contributed by atoms with Crippen LogP contribution in [-0.4, -0.2) is 99.6 Å². The van der Waals surface area contributed by atoms with E-state index >= 15 is 0 Å². The predicted molar refractivity (Wildman–Crippen MR) is 208 cm³/mol. The average molecular weight is 775 g/mol. The Morgan fingerprint density at radius 2 is 1.09 bits per heavy atom. The number of carbonyl (C=O) groups excluding carboxylic acids is 3. The molecule has 2 fully saturated rings. The van der Waals surface area contributed by atoms with E-state index in [1.807, 2.05) is 86.6 Å². The van der Waals surface area contributed by atoms with Gasteiger partial charge in [0.25, 0.3) is 11.8 Å². The number of ketones is 1. The van der Waals surface area contributed by atoms with Crippen molar-refractivity contribution in [2.75, 3.05) is 32.3 Å². The molecule has 0 saturated carbocycles. The molecule has 0 spiro atoms. The summed E-state index contributed by atoms with van der Waals surface area (Å²) in [6.07, 6.45) is 0.105. The number of hydrogen-bond donors (Lipinski definition) is 2. The number of benzene rings is 4. The van der Waals surface area contributed by atoms with Crippen LogP contribution in [0.1, 0.15) is 44.7 Å². The Labute approximate surface area is 323 Å². The molecule has 0 aromatic heterocycles. The Hall–Kier alpha value is -5.36. The van der Waals surface area contributed by atoms with Crippen LogP contribution >= 0.6 is 23.2 Å². The SMILES string of the molecule is COCN=C1C[C@@H](C(=O)O)N(C(=O)c2ccc(-c3ccccc3C)cc2)C1.Cc1ccccc1-c1ccc(C(=O)N2CC(=O)C[C@H]2C(=O)O)cc1.ClCCl. The first-order valence-corrected chi connectivity index (χ1v) is 18.0. The van der Waals surface area contributed by atoms with Crippen LogP contribution in [0.15, 0.2) is 102 Å². The highest BCUT2D eigenvalue weighted by molar-refractivity contribution is 6.40. The van der Waals surface area contributed by atoms with E-state index in [2.05, 4.69) is 4.99 Å². The maximum absolute atomic E-state index is 12.9. The molecule has 2 aliphatic heterocycles. The third kappa shape index (κ3) is 10.4. The number of hydrogen-bond acceptors (Lipinski definition) is 7. The van der Waals surface area contributed by atoms with Crippen LogP contribution in [0.25, 0.3) is 22.3 Å². The molecule has 0 radical (unpaired) electrons. The van der Waals surface area contributed by atoms with Gasteiger partial charge in [0.2, 0.25) is 0 Å². The number of methoxy groups -OCH3 is 1. The van der Waals surface area contributed by atoms with E-state index in [0.29, 0.717) is 16.8 Å². The average Bonchev–Trinajstić information content (AvgIpc) is 3.79. The van der Waals surface area contributed by atoms with E-state index in [1.165, 1.54) is 12.0 Å². The minimum absolute atomic E-state index is 0.123. The van der Waals surface area contributed by atoms with Crippen molar-refractivity contribution in [3.05, 3.63) is 119 Å². The molecule has 0 aliphatic carbocycles. The molecule has 2 saturated heterocycles. The summed E-state index contributed by atoms with van der Waals surface area (Å²) in [5, 5.41) is 18.8. The van der Waals surface area contributed by atoms with Gasteiger partial charge < -0.3 is 24.7 Å². The number of Topliss-reactive ketones (excluding diaryl/α,β-unsaturated/α-hetero) is 1. The lowest BCUT2D eigenvalue weighted by Gasteiger charge is -2.21. The first-order valence-electron chi connectivity index (χ1n) is 16.9. The fourth-order valence-corrected chi connectivity index (χ4v) is 6.24. The first kappa shape index (κ1) is 41.4. The minimum atomic E-state index is -1.15. The van der Waals surface area contributed by atoms with Gasteiger partial charge in [-0.05, 0) is 71.5 Å². The zero-order chi connectivity index (χ0) is 39.4. The Morgan fingerprint density at radius 1 is 0.685 bits per heavy atom. The first-order chi connectivity index (χ1) is 25.9. The van der Waals surface area contributed by atoms with Crippen LogP contribution in [0.5, 0.6) is 0 Å². The van der Waals surface area contributed by atoms with Gasteiger partial charge in [0, 0.05) is 36.8 Å². The Kier molecular flexibility index (Phi) is 15.1. The molecular weight excluding hydrogens is 733 g/mol.